The van der Waals surface area contributed by atoms with Gasteiger partial charge in [-0.2, -0.15) is 0 Å². The van der Waals surface area contributed by atoms with Crippen LogP contribution in [0.4, 0.5) is 0 Å². The Bertz CT molecular complexity index is 311. The van der Waals surface area contributed by atoms with Crippen molar-refractivity contribution in [1.82, 2.24) is 15.3 Å². The van der Waals surface area contributed by atoms with E-state index in [9.17, 15) is 4.21 Å². The maximum Gasteiger partial charge on any atom is 0.145 e. The third-order valence-corrected chi connectivity index (χ3v) is 3.67. The summed E-state index contributed by atoms with van der Waals surface area (Å²) in [6, 6.07) is 0.387. The summed E-state index contributed by atoms with van der Waals surface area (Å²) in [5, 5.41) is 3.90. The molecule has 1 N–H and O–H groups in total. The molecule has 2 unspecified atom stereocenters. The van der Waals surface area contributed by atoms with Gasteiger partial charge in [-0.15, -0.1) is 0 Å². The molecule has 0 radical (unpaired) electrons. The quantitative estimate of drug-likeness (QED) is 0.783. The molecule has 1 aliphatic heterocycles. The van der Waals surface area contributed by atoms with Gasteiger partial charge < -0.3 is 5.32 Å². The average Bonchev–Trinajstić information content (AvgIpc) is 2.72. The highest BCUT2D eigenvalue weighted by Crippen LogP contribution is 2.09. The third-order valence-electron chi connectivity index (χ3n) is 2.29. The summed E-state index contributed by atoms with van der Waals surface area (Å²) in [7, 11) is -1.01. The first-order chi connectivity index (χ1) is 6.86. The van der Waals surface area contributed by atoms with Crippen molar-refractivity contribution in [3.8, 4) is 0 Å². The Hall–Kier alpha value is -0.810. The Kier molecular flexibility index (Phi) is 3.21. The predicted octanol–water partition coefficient (Wildman–Crippen LogP) is 0.336. The molecule has 4 nitrogen and oxygen atoms in total. The van der Waals surface area contributed by atoms with Gasteiger partial charge in [0.1, 0.15) is 5.03 Å². The molecular weight excluding hydrogens is 198 g/mol. The molecule has 1 aromatic rings. The SMILES string of the molecule is O=S(CC1CCCN1)c1cnccn1. The zero-order valence-corrected chi connectivity index (χ0v) is 8.67. The van der Waals surface area contributed by atoms with Crippen LogP contribution in [0.25, 0.3) is 0 Å². The van der Waals surface area contributed by atoms with Crippen LogP contribution >= 0.6 is 0 Å². The van der Waals surface area contributed by atoms with E-state index in [0.29, 0.717) is 16.8 Å². The standard InChI is InChI=1S/C9H13N3OS/c13-14(7-8-2-1-3-11-8)9-6-10-4-5-12-9/h4-6,8,11H,1-3,7H2. The third kappa shape index (κ3) is 2.36. The summed E-state index contributed by atoms with van der Waals surface area (Å²) < 4.78 is 11.8. The summed E-state index contributed by atoms with van der Waals surface area (Å²) in [6.45, 7) is 1.04. The van der Waals surface area contributed by atoms with Gasteiger partial charge >= 0.3 is 0 Å². The van der Waals surface area contributed by atoms with Gasteiger partial charge in [0.25, 0.3) is 0 Å². The lowest BCUT2D eigenvalue weighted by molar-refractivity contribution is 0.641. The predicted molar refractivity (Wildman–Crippen MR) is 54.3 cm³/mol. The number of hydrogen-bond acceptors (Lipinski definition) is 4. The Balaban J connectivity index is 1.95. The van der Waals surface area contributed by atoms with Gasteiger partial charge in [-0.1, -0.05) is 0 Å². The zero-order valence-electron chi connectivity index (χ0n) is 7.85. The summed E-state index contributed by atoms with van der Waals surface area (Å²) in [5.41, 5.74) is 0. The van der Waals surface area contributed by atoms with E-state index in [4.69, 9.17) is 0 Å². The molecule has 2 atom stereocenters. The molecule has 2 heterocycles. The highest BCUT2D eigenvalue weighted by molar-refractivity contribution is 7.85. The minimum absolute atomic E-state index is 0.387. The molecule has 1 saturated heterocycles. The fraction of sp³-hybridized carbons (Fsp3) is 0.556. The number of rotatable bonds is 3. The zero-order chi connectivity index (χ0) is 9.80. The molecule has 1 aromatic heterocycles. The molecule has 0 aromatic carbocycles. The fourth-order valence-corrected chi connectivity index (χ4v) is 2.75. The van der Waals surface area contributed by atoms with Crippen molar-refractivity contribution >= 4 is 10.8 Å². The van der Waals surface area contributed by atoms with E-state index in [1.54, 1.807) is 18.6 Å². The van der Waals surface area contributed by atoms with E-state index in [1.165, 1.54) is 6.42 Å². The van der Waals surface area contributed by atoms with Crippen molar-refractivity contribution in [3.63, 3.8) is 0 Å². The van der Waals surface area contributed by atoms with Crippen LogP contribution in [0.15, 0.2) is 23.6 Å². The molecule has 14 heavy (non-hydrogen) atoms. The van der Waals surface area contributed by atoms with Crippen LogP contribution < -0.4 is 5.32 Å². The average molecular weight is 211 g/mol. The highest BCUT2D eigenvalue weighted by atomic mass is 32.2. The topological polar surface area (TPSA) is 54.9 Å². The van der Waals surface area contributed by atoms with Gasteiger partial charge in [0, 0.05) is 24.2 Å². The fourth-order valence-electron chi connectivity index (χ4n) is 1.57. The minimum Gasteiger partial charge on any atom is -0.313 e. The van der Waals surface area contributed by atoms with Crippen molar-refractivity contribution in [2.24, 2.45) is 0 Å². The first kappa shape index (κ1) is 9.73. The number of aromatic nitrogens is 2. The second kappa shape index (κ2) is 4.61. The summed E-state index contributed by atoms with van der Waals surface area (Å²) in [6.07, 6.45) is 7.04. The van der Waals surface area contributed by atoms with Crippen LogP contribution in [0.2, 0.25) is 0 Å². The lowest BCUT2D eigenvalue weighted by Crippen LogP contribution is -2.27. The van der Waals surface area contributed by atoms with Gasteiger partial charge in [-0.05, 0) is 19.4 Å². The Morgan fingerprint density at radius 2 is 2.50 bits per heavy atom. The lowest BCUT2D eigenvalue weighted by atomic mass is 10.3. The normalized spacial score (nSPS) is 23.6. The first-order valence-corrected chi connectivity index (χ1v) is 6.06. The molecular formula is C9H13N3OS. The van der Waals surface area contributed by atoms with Gasteiger partial charge in [0.2, 0.25) is 0 Å². The lowest BCUT2D eigenvalue weighted by Gasteiger charge is -2.08. The van der Waals surface area contributed by atoms with Gasteiger partial charge in [0.05, 0.1) is 17.0 Å². The van der Waals surface area contributed by atoms with Crippen molar-refractivity contribution < 1.29 is 4.21 Å². The molecule has 76 valence electrons. The van der Waals surface area contributed by atoms with Crippen LogP contribution in [0, 0.1) is 0 Å². The second-order valence-corrected chi connectivity index (χ2v) is 4.79. The Morgan fingerprint density at radius 1 is 1.57 bits per heavy atom. The van der Waals surface area contributed by atoms with Gasteiger partial charge in [-0.3, -0.25) is 9.19 Å². The molecule has 1 fully saturated rings. The number of hydrogen-bond donors (Lipinski definition) is 1. The molecule has 0 spiro atoms. The number of nitrogens with zero attached hydrogens (tertiary/aromatic N) is 2. The maximum atomic E-state index is 11.8. The van der Waals surface area contributed by atoms with Crippen molar-refractivity contribution in [3.05, 3.63) is 18.6 Å². The molecule has 2 rings (SSSR count). The van der Waals surface area contributed by atoms with E-state index in [2.05, 4.69) is 15.3 Å². The van der Waals surface area contributed by atoms with Crippen LogP contribution in [-0.2, 0) is 10.8 Å². The minimum atomic E-state index is -1.01. The van der Waals surface area contributed by atoms with E-state index >= 15 is 0 Å². The molecule has 0 aliphatic carbocycles. The summed E-state index contributed by atoms with van der Waals surface area (Å²) >= 11 is 0. The first-order valence-electron chi connectivity index (χ1n) is 4.74. The van der Waals surface area contributed by atoms with Crippen LogP contribution in [-0.4, -0.2) is 32.5 Å². The van der Waals surface area contributed by atoms with Crippen LogP contribution in [0.5, 0.6) is 0 Å². The van der Waals surface area contributed by atoms with E-state index < -0.39 is 10.8 Å². The molecule has 1 aliphatic rings. The highest BCUT2D eigenvalue weighted by Gasteiger charge is 2.18. The van der Waals surface area contributed by atoms with E-state index in [1.807, 2.05) is 0 Å². The summed E-state index contributed by atoms with van der Waals surface area (Å²) in [4.78, 5) is 7.93. The number of nitrogens with one attached hydrogen (secondary N) is 1. The maximum absolute atomic E-state index is 11.8. The smallest absolute Gasteiger partial charge is 0.145 e. The van der Waals surface area contributed by atoms with Crippen LogP contribution in [0.1, 0.15) is 12.8 Å². The van der Waals surface area contributed by atoms with Crippen molar-refractivity contribution in [2.75, 3.05) is 12.3 Å². The molecule has 0 amide bonds. The molecule has 0 saturated carbocycles. The van der Waals surface area contributed by atoms with Gasteiger partial charge in [0.15, 0.2) is 0 Å². The van der Waals surface area contributed by atoms with E-state index in [-0.39, 0.29) is 0 Å². The largest absolute Gasteiger partial charge is 0.313 e. The Morgan fingerprint density at radius 3 is 3.14 bits per heavy atom. The van der Waals surface area contributed by atoms with Crippen molar-refractivity contribution in [1.29, 1.82) is 0 Å². The van der Waals surface area contributed by atoms with E-state index in [0.717, 1.165) is 13.0 Å². The molecule has 5 heteroatoms. The molecule has 0 bridgehead atoms. The Labute approximate surface area is 85.6 Å². The monoisotopic (exact) mass is 211 g/mol. The summed E-state index contributed by atoms with van der Waals surface area (Å²) in [5.74, 6) is 0.651. The van der Waals surface area contributed by atoms with Crippen LogP contribution in [0.3, 0.4) is 0 Å². The second-order valence-electron chi connectivity index (χ2n) is 3.35. The van der Waals surface area contributed by atoms with Gasteiger partial charge in [-0.25, -0.2) is 4.98 Å². The van der Waals surface area contributed by atoms with Crippen molar-refractivity contribution in [2.45, 2.75) is 23.9 Å².